The third-order valence-electron chi connectivity index (χ3n) is 16.9. The van der Waals surface area contributed by atoms with Gasteiger partial charge in [-0.05, 0) is 131 Å². The van der Waals surface area contributed by atoms with Gasteiger partial charge >= 0.3 is 0 Å². The minimum absolute atomic E-state index is 0.0487. The SMILES string of the molecule is CC(C)(C)c1cc(N2CN(c3cccc(Oc4ccc5c6cc([Si](c7ccccc7)(c7ccccc7)c7ccccc7)ccc6n(-c6cc(C(C)(C)C)ccn6)c5c4)c3)c3cccc(-c4cccc5ccccc45)c32)cc(C(C)(C)C)c1. The quantitative estimate of drug-likeness (QED) is 0.101. The van der Waals surface area contributed by atoms with E-state index in [1.807, 2.05) is 6.20 Å². The van der Waals surface area contributed by atoms with Gasteiger partial charge in [-0.2, -0.15) is 0 Å². The van der Waals surface area contributed by atoms with Gasteiger partial charge in [0.25, 0.3) is 0 Å². The Morgan fingerprint density at radius 3 is 1.63 bits per heavy atom. The van der Waals surface area contributed by atoms with Crippen LogP contribution in [0.5, 0.6) is 11.5 Å². The first-order valence-corrected chi connectivity index (χ1v) is 30.9. The maximum Gasteiger partial charge on any atom is 0.179 e. The van der Waals surface area contributed by atoms with Crippen molar-refractivity contribution >= 4 is 84.1 Å². The maximum absolute atomic E-state index is 7.08. The molecule has 1 aliphatic heterocycles. The number of hydrogen-bond donors (Lipinski definition) is 0. The van der Waals surface area contributed by atoms with Gasteiger partial charge in [0.1, 0.15) is 24.0 Å². The summed E-state index contributed by atoms with van der Waals surface area (Å²) in [6.07, 6.45) is 1.96. The molecular formula is C76H70N4OSi. The van der Waals surface area contributed by atoms with Crippen LogP contribution in [0.1, 0.15) is 79.0 Å². The summed E-state index contributed by atoms with van der Waals surface area (Å²) in [6, 6.07) is 89.8. The van der Waals surface area contributed by atoms with Crippen molar-refractivity contribution in [1.29, 1.82) is 0 Å². The van der Waals surface area contributed by atoms with E-state index < -0.39 is 8.07 Å². The van der Waals surface area contributed by atoms with Crippen molar-refractivity contribution in [2.24, 2.45) is 0 Å². The molecule has 0 amide bonds. The Morgan fingerprint density at radius 1 is 0.390 bits per heavy atom. The number of rotatable bonds is 10. The zero-order valence-corrected chi connectivity index (χ0v) is 49.6. The van der Waals surface area contributed by atoms with E-state index in [4.69, 9.17) is 9.72 Å². The lowest BCUT2D eigenvalue weighted by Crippen LogP contribution is -2.74. The second kappa shape index (κ2) is 20.2. The molecule has 3 heterocycles. The number of anilines is 4. The van der Waals surface area contributed by atoms with Gasteiger partial charge in [0.2, 0.25) is 0 Å². The highest BCUT2D eigenvalue weighted by atomic mass is 28.3. The first-order chi connectivity index (χ1) is 39.5. The zero-order chi connectivity index (χ0) is 56.5. The largest absolute Gasteiger partial charge is 0.457 e. The molecule has 6 heteroatoms. The van der Waals surface area contributed by atoms with E-state index in [-0.39, 0.29) is 16.2 Å². The molecule has 0 unspecified atom stereocenters. The Morgan fingerprint density at radius 2 is 0.976 bits per heavy atom. The molecule has 5 nitrogen and oxygen atoms in total. The van der Waals surface area contributed by atoms with Gasteiger partial charge < -0.3 is 14.5 Å². The lowest BCUT2D eigenvalue weighted by Gasteiger charge is -2.34. The summed E-state index contributed by atoms with van der Waals surface area (Å²) in [5, 5.41) is 10.1. The van der Waals surface area contributed by atoms with Crippen molar-refractivity contribution in [2.75, 3.05) is 16.5 Å². The van der Waals surface area contributed by atoms with Crippen LogP contribution in [0.3, 0.4) is 0 Å². The minimum Gasteiger partial charge on any atom is -0.457 e. The van der Waals surface area contributed by atoms with E-state index in [1.54, 1.807) is 0 Å². The summed E-state index contributed by atoms with van der Waals surface area (Å²) in [6.45, 7) is 21.3. The lowest BCUT2D eigenvalue weighted by atomic mass is 9.80. The molecule has 2 aromatic heterocycles. The van der Waals surface area contributed by atoms with Gasteiger partial charge in [-0.3, -0.25) is 4.57 Å². The van der Waals surface area contributed by atoms with Crippen LogP contribution >= 0.6 is 0 Å². The number of benzene rings is 10. The van der Waals surface area contributed by atoms with Crippen LogP contribution in [-0.2, 0) is 16.2 Å². The van der Waals surface area contributed by atoms with Crippen molar-refractivity contribution in [2.45, 2.75) is 78.6 Å². The highest BCUT2D eigenvalue weighted by Crippen LogP contribution is 2.52. The third kappa shape index (κ3) is 9.25. The molecule has 0 aliphatic carbocycles. The van der Waals surface area contributed by atoms with Crippen LogP contribution < -0.4 is 35.3 Å². The summed E-state index contributed by atoms with van der Waals surface area (Å²) in [4.78, 5) is 10.1. The van der Waals surface area contributed by atoms with Crippen LogP contribution in [0.2, 0.25) is 0 Å². The molecule has 82 heavy (non-hydrogen) atoms. The molecule has 0 fully saturated rings. The van der Waals surface area contributed by atoms with E-state index in [0.29, 0.717) is 6.67 Å². The van der Waals surface area contributed by atoms with E-state index in [1.165, 1.54) is 76.1 Å². The standard InChI is InChI=1S/C76H70N4OSi/c1-74(2,3)53-42-43-77-72(47-53)80-69-41-39-63(82(60-28-13-10-14-29-60,61-30-15-11-16-31-61)62-32-17-12-18-33-62)50-68(69)66-40-38-59(49-71(66)80)81-58-27-22-26-56(48-58)78-51-79(57-45-54(75(4,5)6)44-55(46-57)76(7,8)9)73-67(36-23-37-70(73)78)65-35-21-25-52-24-19-20-34-64(52)65/h10-50H,51H2,1-9H3. The van der Waals surface area contributed by atoms with E-state index in [0.717, 1.165) is 45.1 Å². The fourth-order valence-electron chi connectivity index (χ4n) is 12.5. The first kappa shape index (κ1) is 52.4. The smallest absolute Gasteiger partial charge is 0.179 e. The molecule has 0 N–H and O–H groups in total. The van der Waals surface area contributed by atoms with E-state index in [2.05, 4.69) is 319 Å². The average Bonchev–Trinajstić information content (AvgIpc) is 4.15. The number of nitrogens with zero attached hydrogens (tertiary/aromatic N) is 4. The normalized spacial score (nSPS) is 13.1. The summed E-state index contributed by atoms with van der Waals surface area (Å²) in [5.74, 6) is 2.38. The highest BCUT2D eigenvalue weighted by molar-refractivity contribution is 7.20. The minimum atomic E-state index is -2.84. The van der Waals surface area contributed by atoms with Crippen LogP contribution in [0, 0.1) is 0 Å². The number of aromatic nitrogens is 2. The number of fused-ring (bicyclic) bond motifs is 5. The predicted octanol–water partition coefficient (Wildman–Crippen LogP) is 17.3. The Hall–Kier alpha value is -8.97. The second-order valence-electron chi connectivity index (χ2n) is 25.3. The molecular weight excluding hydrogens is 1010 g/mol. The Bertz CT molecular complexity index is 4220. The zero-order valence-electron chi connectivity index (χ0n) is 48.6. The van der Waals surface area contributed by atoms with Crippen molar-refractivity contribution in [1.82, 2.24) is 9.55 Å². The van der Waals surface area contributed by atoms with Crippen molar-refractivity contribution in [3.05, 3.63) is 266 Å². The fourth-order valence-corrected chi connectivity index (χ4v) is 17.3. The predicted molar refractivity (Wildman–Crippen MR) is 350 cm³/mol. The first-order valence-electron chi connectivity index (χ1n) is 28.9. The lowest BCUT2D eigenvalue weighted by molar-refractivity contribution is 0.483. The van der Waals surface area contributed by atoms with Gasteiger partial charge in [0.15, 0.2) is 8.07 Å². The molecule has 404 valence electrons. The highest BCUT2D eigenvalue weighted by Gasteiger charge is 2.42. The summed E-state index contributed by atoms with van der Waals surface area (Å²) >= 11 is 0. The second-order valence-corrected chi connectivity index (χ2v) is 29.1. The summed E-state index contributed by atoms with van der Waals surface area (Å²) in [5.41, 5.74) is 12.8. The molecule has 0 atom stereocenters. The van der Waals surface area contributed by atoms with Gasteiger partial charge in [-0.25, -0.2) is 4.98 Å². The number of hydrogen-bond acceptors (Lipinski definition) is 4. The molecule has 10 aromatic carbocycles. The Labute approximate surface area is 484 Å². The molecule has 13 rings (SSSR count). The van der Waals surface area contributed by atoms with Crippen molar-refractivity contribution in [3.8, 4) is 28.4 Å². The Balaban J connectivity index is 0.951. The molecule has 0 saturated heterocycles. The van der Waals surface area contributed by atoms with Crippen LogP contribution in [0.4, 0.5) is 22.7 Å². The van der Waals surface area contributed by atoms with Crippen LogP contribution in [0.25, 0.3) is 49.5 Å². The summed E-state index contributed by atoms with van der Waals surface area (Å²) < 4.78 is 9.42. The number of ether oxygens (including phenoxy) is 1. The van der Waals surface area contributed by atoms with Gasteiger partial charge in [-0.15, -0.1) is 0 Å². The van der Waals surface area contributed by atoms with Gasteiger partial charge in [0.05, 0.1) is 22.4 Å². The number of pyridine rings is 1. The van der Waals surface area contributed by atoms with Gasteiger partial charge in [0, 0.05) is 46.0 Å². The molecule has 0 spiro atoms. The molecule has 0 saturated carbocycles. The van der Waals surface area contributed by atoms with Gasteiger partial charge in [-0.1, -0.05) is 232 Å². The summed E-state index contributed by atoms with van der Waals surface area (Å²) in [7, 11) is -2.84. The topological polar surface area (TPSA) is 33.5 Å². The van der Waals surface area contributed by atoms with E-state index >= 15 is 0 Å². The monoisotopic (exact) mass is 1080 g/mol. The fraction of sp³-hybridized carbons (Fsp3) is 0.171. The Kier molecular flexibility index (Phi) is 12.9. The molecule has 0 radical (unpaired) electrons. The maximum atomic E-state index is 7.08. The number of para-hydroxylation sites is 1. The molecule has 0 bridgehead atoms. The van der Waals surface area contributed by atoms with Crippen LogP contribution in [0.15, 0.2) is 249 Å². The van der Waals surface area contributed by atoms with Crippen LogP contribution in [-0.4, -0.2) is 24.3 Å². The third-order valence-corrected chi connectivity index (χ3v) is 21.7. The molecule has 12 aromatic rings. The average molecular weight is 1080 g/mol. The molecule has 1 aliphatic rings. The van der Waals surface area contributed by atoms with Crippen molar-refractivity contribution < 1.29 is 4.74 Å². The van der Waals surface area contributed by atoms with E-state index in [9.17, 15) is 0 Å². The van der Waals surface area contributed by atoms with Crippen molar-refractivity contribution in [3.63, 3.8) is 0 Å².